The Labute approximate surface area is 296 Å². The number of carbonyl (C=O) groups excluding carboxylic acids is 2. The van der Waals surface area contributed by atoms with E-state index in [9.17, 15) is 32.7 Å². The van der Waals surface area contributed by atoms with Crippen molar-refractivity contribution >= 4 is 34.5 Å². The second-order valence-electron chi connectivity index (χ2n) is 13.5. The number of ether oxygens (including phenoxy) is 1. The van der Waals surface area contributed by atoms with Gasteiger partial charge in [-0.3, -0.25) is 14.4 Å². The molecule has 13 nitrogen and oxygen atoms in total. The van der Waals surface area contributed by atoms with E-state index >= 15 is 0 Å². The van der Waals surface area contributed by atoms with Crippen molar-refractivity contribution in [1.82, 2.24) is 29.0 Å². The standard InChI is InChI=1S/C36H39F3N8O5/c1-4-27-31(44-17-23-10-11-24(18-44)46(23)33(50)30-28(48)6-5-15-40-30)34(51)47-35(42-32(43-47)21-7-12-25(52-3)13-8-21)45(27)19-29(49)41-26-14-9-22(16-20(26)2)36(37,38)39/h5-7,9,14-16,23-25,48H,4,8,10-13,17-19H2,1-3H3,(H,41,49). The predicted octanol–water partition coefficient (Wildman–Crippen LogP) is 4.60. The Balaban J connectivity index is 1.27. The minimum Gasteiger partial charge on any atom is -0.505 e. The third-order valence-corrected chi connectivity index (χ3v) is 10.3. The van der Waals surface area contributed by atoms with E-state index in [1.54, 1.807) is 22.6 Å². The number of aromatic hydroxyl groups is 1. The van der Waals surface area contributed by atoms with Crippen LogP contribution in [0.3, 0.4) is 0 Å². The van der Waals surface area contributed by atoms with Gasteiger partial charge in [0.25, 0.3) is 11.5 Å². The number of pyridine rings is 1. The Hall–Kier alpha value is -5.25. The number of anilines is 2. The second-order valence-corrected chi connectivity index (χ2v) is 13.5. The summed E-state index contributed by atoms with van der Waals surface area (Å²) in [6, 6.07) is 5.56. The number of rotatable bonds is 8. The van der Waals surface area contributed by atoms with E-state index in [1.807, 2.05) is 17.9 Å². The lowest BCUT2D eigenvalue weighted by atomic mass is 9.97. The zero-order valence-electron chi connectivity index (χ0n) is 29.0. The Morgan fingerprint density at radius 1 is 1.12 bits per heavy atom. The van der Waals surface area contributed by atoms with Gasteiger partial charge >= 0.3 is 6.18 Å². The van der Waals surface area contributed by atoms with E-state index in [1.165, 1.54) is 29.8 Å². The number of fused-ring (bicyclic) bond motifs is 3. The molecule has 7 rings (SSSR count). The van der Waals surface area contributed by atoms with Crippen molar-refractivity contribution in [3.05, 3.63) is 81.3 Å². The van der Waals surface area contributed by atoms with Gasteiger partial charge in [-0.2, -0.15) is 22.7 Å². The molecule has 0 saturated carbocycles. The van der Waals surface area contributed by atoms with Crippen molar-refractivity contribution in [1.29, 1.82) is 0 Å². The average molecular weight is 721 g/mol. The van der Waals surface area contributed by atoms with E-state index in [4.69, 9.17) is 9.72 Å². The molecule has 0 spiro atoms. The minimum absolute atomic E-state index is 0.0239. The van der Waals surface area contributed by atoms with Crippen LogP contribution < -0.4 is 15.8 Å². The monoisotopic (exact) mass is 720 g/mol. The number of methoxy groups -OCH3 is 1. The van der Waals surface area contributed by atoms with E-state index in [0.29, 0.717) is 62.4 Å². The smallest absolute Gasteiger partial charge is 0.416 e. The van der Waals surface area contributed by atoms with Crippen molar-refractivity contribution in [2.45, 2.75) is 83.3 Å². The summed E-state index contributed by atoms with van der Waals surface area (Å²) < 4.78 is 48.3. The molecule has 2 N–H and O–H groups in total. The number of carbonyl (C=O) groups is 2. The molecule has 1 aromatic carbocycles. The number of hydrogen-bond acceptors (Lipinski definition) is 9. The molecule has 2 amide bonds. The molecule has 3 unspecified atom stereocenters. The van der Waals surface area contributed by atoms with Crippen LogP contribution in [-0.4, -0.2) is 84.4 Å². The van der Waals surface area contributed by atoms with Crippen molar-refractivity contribution < 1.29 is 32.6 Å². The van der Waals surface area contributed by atoms with Gasteiger partial charge in [-0.05, 0) is 86.9 Å². The summed E-state index contributed by atoms with van der Waals surface area (Å²) in [7, 11) is 1.66. The molecule has 4 aromatic rings. The van der Waals surface area contributed by atoms with Crippen LogP contribution >= 0.6 is 0 Å². The van der Waals surface area contributed by atoms with Crippen LogP contribution in [0.15, 0.2) is 47.4 Å². The highest BCUT2D eigenvalue weighted by Crippen LogP contribution is 2.36. The summed E-state index contributed by atoms with van der Waals surface area (Å²) in [5.74, 6) is -0.569. The first-order chi connectivity index (χ1) is 24.9. The van der Waals surface area contributed by atoms with Crippen LogP contribution in [0.2, 0.25) is 0 Å². The van der Waals surface area contributed by atoms with Gasteiger partial charge in [-0.25, -0.2) is 4.98 Å². The Bertz CT molecular complexity index is 2130. The molecule has 2 saturated heterocycles. The molecule has 3 aromatic heterocycles. The second kappa shape index (κ2) is 13.7. The molecule has 3 aliphatic rings. The lowest BCUT2D eigenvalue weighted by molar-refractivity contribution is -0.137. The maximum absolute atomic E-state index is 14.5. The molecule has 2 fully saturated rings. The fraction of sp³-hybridized carbons (Fsp3) is 0.444. The molecule has 5 heterocycles. The topological polar surface area (TPSA) is 147 Å². The van der Waals surface area contributed by atoms with E-state index < -0.39 is 23.2 Å². The zero-order chi connectivity index (χ0) is 36.9. The Morgan fingerprint density at radius 3 is 2.48 bits per heavy atom. The van der Waals surface area contributed by atoms with E-state index in [0.717, 1.165) is 24.1 Å². The largest absolute Gasteiger partial charge is 0.505 e. The number of allylic oxidation sites excluding steroid dienone is 1. The highest BCUT2D eigenvalue weighted by molar-refractivity contribution is 5.95. The molecule has 2 aliphatic heterocycles. The van der Waals surface area contributed by atoms with Crippen LogP contribution in [0, 0.1) is 6.92 Å². The zero-order valence-corrected chi connectivity index (χ0v) is 29.0. The summed E-state index contributed by atoms with van der Waals surface area (Å²) in [5, 5.41) is 17.7. The van der Waals surface area contributed by atoms with Gasteiger partial charge in [-0.1, -0.05) is 13.0 Å². The summed E-state index contributed by atoms with van der Waals surface area (Å²) in [6.07, 6.45) is 2.77. The fourth-order valence-corrected chi connectivity index (χ4v) is 7.71. The first kappa shape index (κ1) is 35.2. The Kier molecular flexibility index (Phi) is 9.27. The van der Waals surface area contributed by atoms with Crippen LogP contribution in [0.25, 0.3) is 11.4 Å². The van der Waals surface area contributed by atoms with Gasteiger partial charge in [-0.15, -0.1) is 5.10 Å². The maximum Gasteiger partial charge on any atom is 0.416 e. The number of alkyl halides is 3. The van der Waals surface area contributed by atoms with Crippen molar-refractivity contribution in [3.8, 4) is 5.75 Å². The van der Waals surface area contributed by atoms with E-state index in [-0.39, 0.29) is 59.1 Å². The van der Waals surface area contributed by atoms with E-state index in [2.05, 4.69) is 15.4 Å². The van der Waals surface area contributed by atoms with Gasteiger partial charge in [0.05, 0.1) is 29.4 Å². The number of piperazine rings is 1. The number of nitrogens with zero attached hydrogens (tertiary/aromatic N) is 7. The van der Waals surface area contributed by atoms with Gasteiger partial charge in [0.1, 0.15) is 18.0 Å². The lowest BCUT2D eigenvalue weighted by Crippen LogP contribution is -2.57. The van der Waals surface area contributed by atoms with Crippen LogP contribution in [0.4, 0.5) is 24.5 Å². The highest BCUT2D eigenvalue weighted by atomic mass is 19.4. The van der Waals surface area contributed by atoms with Crippen molar-refractivity contribution in [2.75, 3.05) is 30.4 Å². The summed E-state index contributed by atoms with van der Waals surface area (Å²) >= 11 is 0. The summed E-state index contributed by atoms with van der Waals surface area (Å²) in [5.41, 5.74) is 0.955. The van der Waals surface area contributed by atoms with Crippen LogP contribution in [0.1, 0.15) is 72.2 Å². The third kappa shape index (κ3) is 6.39. The van der Waals surface area contributed by atoms with Gasteiger partial charge in [0.2, 0.25) is 11.7 Å². The fourth-order valence-electron chi connectivity index (χ4n) is 7.71. The number of benzene rings is 1. The quantitative estimate of drug-likeness (QED) is 0.267. The van der Waals surface area contributed by atoms with Crippen LogP contribution in [-0.2, 0) is 28.7 Å². The average Bonchev–Trinajstić information content (AvgIpc) is 3.68. The molecular weight excluding hydrogens is 681 g/mol. The number of aryl methyl sites for hydroxylation is 1. The molecule has 274 valence electrons. The summed E-state index contributed by atoms with van der Waals surface area (Å²) in [6.45, 7) is 3.71. The minimum atomic E-state index is -4.52. The molecule has 0 radical (unpaired) electrons. The highest BCUT2D eigenvalue weighted by Gasteiger charge is 2.45. The molecule has 1 aliphatic carbocycles. The van der Waals surface area contributed by atoms with Crippen LogP contribution in [0.5, 0.6) is 5.75 Å². The van der Waals surface area contributed by atoms with Gasteiger partial charge < -0.3 is 29.5 Å². The Morgan fingerprint density at radius 2 is 1.87 bits per heavy atom. The number of aromatic nitrogens is 5. The molecule has 16 heteroatoms. The first-order valence-corrected chi connectivity index (χ1v) is 17.3. The number of nitrogens with one attached hydrogen (secondary N) is 1. The predicted molar refractivity (Wildman–Crippen MR) is 185 cm³/mol. The van der Waals surface area contributed by atoms with Crippen molar-refractivity contribution in [2.24, 2.45) is 0 Å². The van der Waals surface area contributed by atoms with Gasteiger partial charge in [0, 0.05) is 32.1 Å². The number of hydrogen-bond donors (Lipinski definition) is 2. The molecule has 2 bridgehead atoms. The maximum atomic E-state index is 14.5. The lowest BCUT2D eigenvalue weighted by Gasteiger charge is -2.42. The summed E-state index contributed by atoms with van der Waals surface area (Å²) in [4.78, 5) is 54.3. The molecular formula is C36H39F3N8O5. The SMILES string of the molecule is CCc1c(N2CC3CCC(C2)N3C(=O)c2ncccc2O)c(=O)n2nc(C3=CCC(OC)CC3)nc2n1CC(=O)Nc1ccc(C(F)(F)F)cc1C. The third-order valence-electron chi connectivity index (χ3n) is 10.3. The van der Waals surface area contributed by atoms with Gasteiger partial charge in [0.15, 0.2) is 11.5 Å². The molecule has 52 heavy (non-hydrogen) atoms. The first-order valence-electron chi connectivity index (χ1n) is 17.3. The number of amides is 2. The molecule has 3 atom stereocenters. The normalized spacial score (nSPS) is 20.3. The number of halogens is 3. The van der Waals surface area contributed by atoms with Crippen molar-refractivity contribution in [3.63, 3.8) is 0 Å².